The van der Waals surface area contributed by atoms with Gasteiger partial charge in [0, 0.05) is 28.7 Å². The quantitative estimate of drug-likeness (QED) is 0.354. The lowest BCUT2D eigenvalue weighted by Gasteiger charge is -2.32. The summed E-state index contributed by atoms with van der Waals surface area (Å²) in [6, 6.07) is 15.9. The van der Waals surface area contributed by atoms with Crippen LogP contribution in [0.2, 0.25) is 15.1 Å². The van der Waals surface area contributed by atoms with E-state index in [0.717, 1.165) is 4.31 Å². The van der Waals surface area contributed by atoms with E-state index in [9.17, 15) is 18.0 Å². The van der Waals surface area contributed by atoms with Crippen molar-refractivity contribution in [2.45, 2.75) is 24.4 Å². The predicted molar refractivity (Wildman–Crippen MR) is 150 cm³/mol. The van der Waals surface area contributed by atoms with E-state index < -0.39 is 34.4 Å². The Morgan fingerprint density at radius 2 is 1.61 bits per heavy atom. The lowest BCUT2D eigenvalue weighted by Crippen LogP contribution is -2.50. The zero-order valence-electron chi connectivity index (χ0n) is 20.8. The number of likely N-dealkylation sites (N-methyl/N-ethyl adjacent to an activating group) is 1. The molecule has 3 aromatic rings. The first kappa shape index (κ1) is 29.6. The molecule has 0 radical (unpaired) electrons. The lowest BCUT2D eigenvalue weighted by atomic mass is 10.1. The van der Waals surface area contributed by atoms with Crippen molar-refractivity contribution in [3.8, 4) is 5.75 Å². The fourth-order valence-electron chi connectivity index (χ4n) is 3.72. The summed E-state index contributed by atoms with van der Waals surface area (Å²) in [4.78, 5) is 27.6. The Labute approximate surface area is 237 Å². The van der Waals surface area contributed by atoms with Gasteiger partial charge in [0.25, 0.3) is 10.0 Å². The molecule has 0 aliphatic carbocycles. The predicted octanol–water partition coefficient (Wildman–Crippen LogP) is 5.01. The maximum absolute atomic E-state index is 13.8. The largest absolute Gasteiger partial charge is 0.495 e. The number of benzene rings is 3. The van der Waals surface area contributed by atoms with Crippen LogP contribution in [0.3, 0.4) is 0 Å². The number of amides is 2. The molecule has 0 fully saturated rings. The van der Waals surface area contributed by atoms with E-state index in [1.54, 1.807) is 36.4 Å². The van der Waals surface area contributed by atoms with Gasteiger partial charge in [-0.25, -0.2) is 8.42 Å². The van der Waals surface area contributed by atoms with Gasteiger partial charge in [-0.2, -0.15) is 0 Å². The first-order valence-corrected chi connectivity index (χ1v) is 13.9. The molecule has 0 aliphatic heterocycles. The van der Waals surface area contributed by atoms with E-state index in [0.29, 0.717) is 15.6 Å². The minimum absolute atomic E-state index is 0.0403. The van der Waals surface area contributed by atoms with Gasteiger partial charge in [-0.05, 0) is 55.0 Å². The third-order valence-electron chi connectivity index (χ3n) is 5.79. The second-order valence-corrected chi connectivity index (χ2v) is 11.3. The Morgan fingerprint density at radius 1 is 0.974 bits per heavy atom. The van der Waals surface area contributed by atoms with Gasteiger partial charge < -0.3 is 15.0 Å². The highest BCUT2D eigenvalue weighted by molar-refractivity contribution is 7.92. The maximum atomic E-state index is 13.8. The van der Waals surface area contributed by atoms with Crippen molar-refractivity contribution < 1.29 is 22.7 Å². The molecule has 0 aliphatic rings. The number of carbonyl (C=O) groups excluding carboxylic acids is 2. The first-order valence-electron chi connectivity index (χ1n) is 11.4. The van der Waals surface area contributed by atoms with Crippen LogP contribution in [0.4, 0.5) is 5.69 Å². The highest BCUT2D eigenvalue weighted by atomic mass is 35.5. The van der Waals surface area contributed by atoms with Crippen molar-refractivity contribution in [2.24, 2.45) is 0 Å². The SMILES string of the molecule is CNC(=O)[C@@H](C)N(Cc1ccc(Cl)cc1Cl)C(=O)CN(c1cc(Cl)ccc1OC)S(=O)(=O)c1ccccc1. The third kappa shape index (κ3) is 6.71. The van der Waals surface area contributed by atoms with Gasteiger partial charge in [0.15, 0.2) is 0 Å². The Bertz CT molecular complexity index is 1420. The number of ether oxygens (including phenoxy) is 1. The standard InChI is InChI=1S/C26H26Cl3N3O5S/c1-17(26(34)30-2)31(15-18-9-10-19(27)13-22(18)29)25(33)16-32(23-14-20(28)11-12-24(23)37-3)38(35,36)21-7-5-4-6-8-21/h4-14,17H,15-16H2,1-3H3,(H,30,34)/t17-/m1/s1. The fraction of sp³-hybridized carbons (Fsp3) is 0.231. The molecule has 0 saturated carbocycles. The lowest BCUT2D eigenvalue weighted by molar-refractivity contribution is -0.139. The Kier molecular flexibility index (Phi) is 9.89. The summed E-state index contributed by atoms with van der Waals surface area (Å²) >= 11 is 18.6. The second kappa shape index (κ2) is 12.7. The number of sulfonamides is 1. The van der Waals surface area contributed by atoms with E-state index in [4.69, 9.17) is 39.5 Å². The molecule has 0 bridgehead atoms. The molecule has 0 heterocycles. The number of rotatable bonds is 10. The molecule has 202 valence electrons. The maximum Gasteiger partial charge on any atom is 0.264 e. The number of halogens is 3. The third-order valence-corrected chi connectivity index (χ3v) is 8.39. The van der Waals surface area contributed by atoms with Crippen LogP contribution in [0.15, 0.2) is 71.6 Å². The van der Waals surface area contributed by atoms with Crippen molar-refractivity contribution >= 4 is 62.3 Å². The Balaban J connectivity index is 2.11. The van der Waals surface area contributed by atoms with Crippen molar-refractivity contribution in [1.82, 2.24) is 10.2 Å². The number of hydrogen-bond acceptors (Lipinski definition) is 5. The van der Waals surface area contributed by atoms with Crippen LogP contribution in [-0.2, 0) is 26.2 Å². The molecule has 12 heteroatoms. The van der Waals surface area contributed by atoms with Gasteiger partial charge in [0.1, 0.15) is 18.3 Å². The van der Waals surface area contributed by atoms with Crippen molar-refractivity contribution in [3.63, 3.8) is 0 Å². The van der Waals surface area contributed by atoms with Gasteiger partial charge in [-0.3, -0.25) is 13.9 Å². The Hall–Kier alpha value is -2.98. The summed E-state index contributed by atoms with van der Waals surface area (Å²) in [6.07, 6.45) is 0. The molecule has 2 amide bonds. The number of methoxy groups -OCH3 is 1. The van der Waals surface area contributed by atoms with Crippen LogP contribution < -0.4 is 14.4 Å². The highest BCUT2D eigenvalue weighted by Gasteiger charge is 2.34. The molecule has 0 spiro atoms. The van der Waals surface area contributed by atoms with Gasteiger partial charge in [0.2, 0.25) is 11.8 Å². The van der Waals surface area contributed by atoms with Gasteiger partial charge in [-0.1, -0.05) is 59.1 Å². The molecular formula is C26H26Cl3N3O5S. The number of hydrogen-bond donors (Lipinski definition) is 1. The van der Waals surface area contributed by atoms with Crippen molar-refractivity contribution in [1.29, 1.82) is 0 Å². The molecule has 8 nitrogen and oxygen atoms in total. The average Bonchev–Trinajstić information content (AvgIpc) is 2.90. The molecule has 1 atom stereocenters. The van der Waals surface area contributed by atoms with Crippen LogP contribution in [0.1, 0.15) is 12.5 Å². The topological polar surface area (TPSA) is 96.0 Å². The summed E-state index contributed by atoms with van der Waals surface area (Å²) in [6.45, 7) is 0.812. The van der Waals surface area contributed by atoms with Crippen LogP contribution in [0, 0.1) is 0 Å². The summed E-state index contributed by atoms with van der Waals surface area (Å²) in [5.41, 5.74) is 0.590. The summed E-state index contributed by atoms with van der Waals surface area (Å²) in [7, 11) is -1.44. The van der Waals surface area contributed by atoms with Crippen molar-refractivity contribution in [2.75, 3.05) is 25.0 Å². The molecule has 0 unspecified atom stereocenters. The van der Waals surface area contributed by atoms with Crippen molar-refractivity contribution in [3.05, 3.63) is 87.4 Å². The number of carbonyl (C=O) groups is 2. The van der Waals surface area contributed by atoms with E-state index in [1.165, 1.54) is 56.3 Å². The zero-order chi connectivity index (χ0) is 28.0. The number of nitrogens with one attached hydrogen (secondary N) is 1. The van der Waals surface area contributed by atoms with Crippen LogP contribution in [0.25, 0.3) is 0 Å². The van der Waals surface area contributed by atoms with Gasteiger partial charge in [-0.15, -0.1) is 0 Å². The molecule has 0 aromatic heterocycles. The summed E-state index contributed by atoms with van der Waals surface area (Å²) in [5.74, 6) is -0.914. The van der Waals surface area contributed by atoms with E-state index in [-0.39, 0.29) is 27.9 Å². The monoisotopic (exact) mass is 597 g/mol. The molecule has 3 rings (SSSR count). The number of nitrogens with zero attached hydrogens (tertiary/aromatic N) is 2. The fourth-order valence-corrected chi connectivity index (χ4v) is 5.79. The van der Waals surface area contributed by atoms with E-state index >= 15 is 0 Å². The smallest absolute Gasteiger partial charge is 0.264 e. The van der Waals surface area contributed by atoms with Crippen LogP contribution >= 0.6 is 34.8 Å². The van der Waals surface area contributed by atoms with Crippen LogP contribution in [0.5, 0.6) is 5.75 Å². The zero-order valence-corrected chi connectivity index (χ0v) is 23.9. The number of anilines is 1. The first-order chi connectivity index (χ1) is 18.0. The molecule has 0 saturated heterocycles. The molecule has 3 aromatic carbocycles. The van der Waals surface area contributed by atoms with E-state index in [2.05, 4.69) is 5.32 Å². The highest BCUT2D eigenvalue weighted by Crippen LogP contribution is 2.35. The Morgan fingerprint density at radius 3 is 2.21 bits per heavy atom. The van der Waals surface area contributed by atoms with Gasteiger partial charge >= 0.3 is 0 Å². The van der Waals surface area contributed by atoms with Crippen LogP contribution in [-0.4, -0.2) is 51.9 Å². The summed E-state index contributed by atoms with van der Waals surface area (Å²) in [5, 5.41) is 3.46. The molecular weight excluding hydrogens is 573 g/mol. The molecule has 38 heavy (non-hydrogen) atoms. The minimum Gasteiger partial charge on any atom is -0.495 e. The minimum atomic E-state index is -4.27. The normalized spacial score (nSPS) is 11.9. The second-order valence-electron chi connectivity index (χ2n) is 8.19. The summed E-state index contributed by atoms with van der Waals surface area (Å²) < 4.78 is 34.0. The molecule has 1 N–H and O–H groups in total. The average molecular weight is 599 g/mol. The van der Waals surface area contributed by atoms with E-state index in [1.807, 2.05) is 0 Å². The van der Waals surface area contributed by atoms with Gasteiger partial charge in [0.05, 0.1) is 17.7 Å².